The molecule has 1 aromatic heterocycles. The average molecular weight is 309 g/mol. The number of amides is 1. The van der Waals surface area contributed by atoms with E-state index in [0.29, 0.717) is 5.91 Å². The maximum Gasteiger partial charge on any atom is 0.230 e. The average Bonchev–Trinajstić information content (AvgIpc) is 3.26. The fraction of sp³-hybridized carbons (Fsp3) is 0.474. The Hall–Kier alpha value is -2.10. The van der Waals surface area contributed by atoms with Crippen molar-refractivity contribution in [1.82, 2.24) is 14.7 Å². The minimum Gasteiger partial charge on any atom is -0.337 e. The van der Waals surface area contributed by atoms with E-state index in [4.69, 9.17) is 0 Å². The predicted molar refractivity (Wildman–Crippen MR) is 89.1 cm³/mol. The van der Waals surface area contributed by atoms with Gasteiger partial charge in [-0.05, 0) is 49.3 Å². The Bertz CT molecular complexity index is 680. The summed E-state index contributed by atoms with van der Waals surface area (Å²) in [5, 5.41) is 4.30. The van der Waals surface area contributed by atoms with Gasteiger partial charge in [0.1, 0.15) is 0 Å². The summed E-state index contributed by atoms with van der Waals surface area (Å²) in [6.07, 6.45) is 9.18. The van der Waals surface area contributed by atoms with E-state index in [0.717, 1.165) is 45.2 Å². The second-order valence-corrected chi connectivity index (χ2v) is 6.70. The largest absolute Gasteiger partial charge is 0.337 e. The molecule has 4 nitrogen and oxygen atoms in total. The van der Waals surface area contributed by atoms with Gasteiger partial charge in [0.25, 0.3) is 0 Å². The number of likely N-dealkylation sites (tertiary alicyclic amines) is 1. The van der Waals surface area contributed by atoms with Crippen molar-refractivity contribution in [3.63, 3.8) is 0 Å². The Morgan fingerprint density at radius 3 is 2.96 bits per heavy atom. The highest BCUT2D eigenvalue weighted by Gasteiger charge is 2.35. The quantitative estimate of drug-likeness (QED) is 0.874. The van der Waals surface area contributed by atoms with Crippen molar-refractivity contribution in [2.75, 3.05) is 6.54 Å². The van der Waals surface area contributed by atoms with Crippen molar-refractivity contribution in [1.29, 1.82) is 0 Å². The van der Waals surface area contributed by atoms with E-state index in [9.17, 15) is 4.79 Å². The Morgan fingerprint density at radius 2 is 2.09 bits per heavy atom. The summed E-state index contributed by atoms with van der Waals surface area (Å²) >= 11 is 0. The smallest absolute Gasteiger partial charge is 0.230 e. The van der Waals surface area contributed by atoms with Gasteiger partial charge in [-0.15, -0.1) is 0 Å². The van der Waals surface area contributed by atoms with E-state index in [-0.39, 0.29) is 12.0 Å². The van der Waals surface area contributed by atoms with E-state index >= 15 is 0 Å². The highest BCUT2D eigenvalue weighted by Crippen LogP contribution is 2.34. The Morgan fingerprint density at radius 1 is 1.17 bits per heavy atom. The van der Waals surface area contributed by atoms with Crippen LogP contribution in [-0.2, 0) is 17.8 Å². The van der Waals surface area contributed by atoms with Crippen molar-refractivity contribution in [3.8, 4) is 0 Å². The molecule has 23 heavy (non-hydrogen) atoms. The molecule has 1 aromatic carbocycles. The number of carbonyl (C=O) groups excluding carboxylic acids is 1. The third-order valence-electron chi connectivity index (χ3n) is 5.28. The molecule has 2 atom stereocenters. The van der Waals surface area contributed by atoms with Gasteiger partial charge in [-0.2, -0.15) is 5.10 Å². The predicted octanol–water partition coefficient (Wildman–Crippen LogP) is 2.99. The standard InChI is InChI=1S/C19H23N3O/c23-19(18-10-3-7-15-6-1-2-9-17(15)18)22-13-4-8-16(22)14-21-12-5-11-20-21/h1-2,5-6,9,11-12,16,18H,3-4,7-8,10,13-14H2/t16-,18-/m1/s1. The molecular weight excluding hydrogens is 286 g/mol. The van der Waals surface area contributed by atoms with Gasteiger partial charge >= 0.3 is 0 Å². The molecule has 0 N–H and O–H groups in total. The lowest BCUT2D eigenvalue weighted by atomic mass is 9.82. The number of carbonyl (C=O) groups is 1. The molecular formula is C19H23N3O. The molecule has 0 radical (unpaired) electrons. The van der Waals surface area contributed by atoms with Gasteiger partial charge < -0.3 is 4.90 Å². The molecule has 1 fully saturated rings. The number of aryl methyl sites for hydroxylation is 1. The SMILES string of the molecule is O=C([C@@H]1CCCc2ccccc21)N1CCC[C@@H]1Cn1cccn1. The van der Waals surface area contributed by atoms with Gasteiger partial charge in [-0.1, -0.05) is 24.3 Å². The monoisotopic (exact) mass is 309 g/mol. The van der Waals surface area contributed by atoms with Crippen LogP contribution in [0, 0.1) is 0 Å². The molecule has 2 aromatic rings. The number of hydrogen-bond donors (Lipinski definition) is 0. The van der Waals surface area contributed by atoms with Gasteiger partial charge in [0, 0.05) is 18.9 Å². The molecule has 0 unspecified atom stereocenters. The molecule has 4 rings (SSSR count). The maximum absolute atomic E-state index is 13.2. The van der Waals surface area contributed by atoms with E-state index in [2.05, 4.69) is 34.3 Å². The summed E-state index contributed by atoms with van der Waals surface area (Å²) in [6, 6.07) is 10.7. The van der Waals surface area contributed by atoms with Crippen LogP contribution in [0.4, 0.5) is 0 Å². The molecule has 2 heterocycles. The second-order valence-electron chi connectivity index (χ2n) is 6.70. The maximum atomic E-state index is 13.2. The van der Waals surface area contributed by atoms with E-state index < -0.39 is 0 Å². The van der Waals surface area contributed by atoms with Gasteiger partial charge in [-0.3, -0.25) is 9.48 Å². The first-order chi connectivity index (χ1) is 11.3. The van der Waals surface area contributed by atoms with Crippen LogP contribution >= 0.6 is 0 Å². The van der Waals surface area contributed by atoms with Crippen LogP contribution in [0.3, 0.4) is 0 Å². The van der Waals surface area contributed by atoms with Crippen LogP contribution in [0.15, 0.2) is 42.7 Å². The summed E-state index contributed by atoms with van der Waals surface area (Å²) in [5.41, 5.74) is 2.62. The van der Waals surface area contributed by atoms with Crippen molar-refractivity contribution in [3.05, 3.63) is 53.9 Å². The summed E-state index contributed by atoms with van der Waals surface area (Å²) in [5.74, 6) is 0.380. The first-order valence-electron chi connectivity index (χ1n) is 8.68. The van der Waals surface area contributed by atoms with Gasteiger partial charge in [0.2, 0.25) is 5.91 Å². The number of nitrogens with zero attached hydrogens (tertiary/aromatic N) is 3. The first-order valence-corrected chi connectivity index (χ1v) is 8.68. The van der Waals surface area contributed by atoms with Crippen molar-refractivity contribution in [2.24, 2.45) is 0 Å². The van der Waals surface area contributed by atoms with E-state index in [1.54, 1.807) is 6.20 Å². The summed E-state index contributed by atoms with van der Waals surface area (Å²) in [7, 11) is 0. The van der Waals surface area contributed by atoms with E-state index in [1.807, 2.05) is 16.9 Å². The zero-order valence-electron chi connectivity index (χ0n) is 13.4. The number of fused-ring (bicyclic) bond motifs is 1. The molecule has 4 heteroatoms. The van der Waals surface area contributed by atoms with Crippen LogP contribution in [-0.4, -0.2) is 33.2 Å². The number of aromatic nitrogens is 2. The van der Waals surface area contributed by atoms with Crippen LogP contribution in [0.5, 0.6) is 0 Å². The molecule has 1 aliphatic heterocycles. The lowest BCUT2D eigenvalue weighted by molar-refractivity contribution is -0.134. The molecule has 0 saturated carbocycles. The molecule has 0 spiro atoms. The molecule has 1 aliphatic carbocycles. The first kappa shape index (κ1) is 14.5. The van der Waals surface area contributed by atoms with Gasteiger partial charge in [0.05, 0.1) is 18.5 Å². The van der Waals surface area contributed by atoms with Crippen LogP contribution in [0.25, 0.3) is 0 Å². The minimum absolute atomic E-state index is 0.0539. The topological polar surface area (TPSA) is 38.1 Å². The fourth-order valence-electron chi connectivity index (χ4n) is 4.15. The normalized spacial score (nSPS) is 23.7. The molecule has 0 bridgehead atoms. The summed E-state index contributed by atoms with van der Waals surface area (Å²) in [6.45, 7) is 1.70. The number of benzene rings is 1. The van der Waals surface area contributed by atoms with Crippen LogP contribution < -0.4 is 0 Å². The van der Waals surface area contributed by atoms with Crippen LogP contribution in [0.2, 0.25) is 0 Å². The molecule has 2 aliphatic rings. The van der Waals surface area contributed by atoms with Gasteiger partial charge in [-0.25, -0.2) is 0 Å². The zero-order valence-corrected chi connectivity index (χ0v) is 13.4. The molecule has 1 saturated heterocycles. The summed E-state index contributed by atoms with van der Waals surface area (Å²) < 4.78 is 1.95. The summed E-state index contributed by atoms with van der Waals surface area (Å²) in [4.78, 5) is 15.3. The van der Waals surface area contributed by atoms with Crippen molar-refractivity contribution < 1.29 is 4.79 Å². The van der Waals surface area contributed by atoms with Crippen LogP contribution in [0.1, 0.15) is 42.7 Å². The Balaban J connectivity index is 1.54. The van der Waals surface area contributed by atoms with Crippen molar-refractivity contribution >= 4 is 5.91 Å². The number of rotatable bonds is 3. The highest BCUT2D eigenvalue weighted by molar-refractivity contribution is 5.85. The Labute approximate surface area is 137 Å². The highest BCUT2D eigenvalue weighted by atomic mass is 16.2. The van der Waals surface area contributed by atoms with E-state index in [1.165, 1.54) is 11.1 Å². The van der Waals surface area contributed by atoms with Gasteiger partial charge in [0.15, 0.2) is 0 Å². The minimum atomic E-state index is 0.0539. The zero-order chi connectivity index (χ0) is 15.6. The fourth-order valence-corrected chi connectivity index (χ4v) is 4.15. The third kappa shape index (κ3) is 2.78. The third-order valence-corrected chi connectivity index (χ3v) is 5.28. The second kappa shape index (κ2) is 6.19. The number of hydrogen-bond acceptors (Lipinski definition) is 2. The lowest BCUT2D eigenvalue weighted by Gasteiger charge is -2.32. The molecule has 1 amide bonds. The molecule has 120 valence electrons. The lowest BCUT2D eigenvalue weighted by Crippen LogP contribution is -2.41. The van der Waals surface area contributed by atoms with Crippen molar-refractivity contribution in [2.45, 2.75) is 50.6 Å². The Kier molecular flexibility index (Phi) is 3.90.